The van der Waals surface area contributed by atoms with Crippen LogP contribution in [-0.4, -0.2) is 52.1 Å². The van der Waals surface area contributed by atoms with Crippen LogP contribution in [0, 0.1) is 11.8 Å². The van der Waals surface area contributed by atoms with Crippen LogP contribution < -0.4 is 22.8 Å². The van der Waals surface area contributed by atoms with Gasteiger partial charge in [-0.2, -0.15) is 0 Å². The first-order chi connectivity index (χ1) is 22.1. The number of epoxide rings is 1. The minimum Gasteiger partial charge on any atom is -0.459 e. The summed E-state index contributed by atoms with van der Waals surface area (Å²) in [5.74, 6) is -0.863. The van der Waals surface area contributed by atoms with Crippen molar-refractivity contribution in [3.63, 3.8) is 0 Å². The van der Waals surface area contributed by atoms with E-state index in [-0.39, 0.29) is 37.0 Å². The lowest BCUT2D eigenvalue weighted by Crippen LogP contribution is -2.35. The molecule has 6 atom stereocenters. The quantitative estimate of drug-likeness (QED) is 0.196. The van der Waals surface area contributed by atoms with E-state index >= 15 is 0 Å². The molecule has 7 rings (SSSR count). The van der Waals surface area contributed by atoms with Gasteiger partial charge in [-0.3, -0.25) is 4.79 Å². The highest BCUT2D eigenvalue weighted by Gasteiger charge is 2.62. The smallest absolute Gasteiger partial charge is 0.352 e. The molecule has 13 heteroatoms. The summed E-state index contributed by atoms with van der Waals surface area (Å²) in [7, 11) is 0. The van der Waals surface area contributed by atoms with Crippen LogP contribution in [0.25, 0.3) is 11.4 Å². The third-order valence-corrected chi connectivity index (χ3v) is 9.83. The van der Waals surface area contributed by atoms with E-state index in [0.717, 1.165) is 9.13 Å². The van der Waals surface area contributed by atoms with Crippen LogP contribution in [0.2, 0.25) is 0 Å². The second-order valence-electron chi connectivity index (χ2n) is 12.5. The molecule has 0 bridgehead atoms. The second-order valence-corrected chi connectivity index (χ2v) is 12.5. The number of nitrogens with one attached hydrogen (secondary N) is 1. The summed E-state index contributed by atoms with van der Waals surface area (Å²) in [4.78, 5) is 67.4. The van der Waals surface area contributed by atoms with Gasteiger partial charge >= 0.3 is 28.7 Å². The van der Waals surface area contributed by atoms with Crippen molar-refractivity contribution in [1.29, 1.82) is 0 Å². The van der Waals surface area contributed by atoms with Crippen molar-refractivity contribution < 1.29 is 14.3 Å². The SMILES string of the molecule is CCn1c(=O)n(-c2ccccc2)c(=O)n1C/C1=C\C[C@H]2C(C)C(=O)O[C@@H]2[C@H]2O[C@]2(C)CCC1n1[nH]c(=O)n(-c2ccccc2)c1=O. The maximum absolute atomic E-state index is 14.0. The molecule has 46 heavy (non-hydrogen) atoms. The molecule has 1 N–H and O–H groups in total. The predicted molar refractivity (Wildman–Crippen MR) is 167 cm³/mol. The number of hydrogen-bond acceptors (Lipinski definition) is 7. The number of allylic oxidation sites excluding steroid dienone is 2. The average molecular weight is 629 g/mol. The summed E-state index contributed by atoms with van der Waals surface area (Å²) in [6, 6.07) is 16.7. The van der Waals surface area contributed by atoms with Crippen LogP contribution in [0.3, 0.4) is 0 Å². The highest BCUT2D eigenvalue weighted by atomic mass is 16.6. The zero-order valence-electron chi connectivity index (χ0n) is 25.9. The number of benzene rings is 2. The van der Waals surface area contributed by atoms with Gasteiger partial charge in [0, 0.05) is 12.5 Å². The van der Waals surface area contributed by atoms with Gasteiger partial charge in [-0.15, -0.1) is 0 Å². The summed E-state index contributed by atoms with van der Waals surface area (Å²) in [6.45, 7) is 5.79. The number of fused-ring (bicyclic) bond motifs is 3. The molecule has 0 saturated carbocycles. The van der Waals surface area contributed by atoms with Crippen molar-refractivity contribution in [1.82, 2.24) is 28.3 Å². The molecule has 13 nitrogen and oxygen atoms in total. The van der Waals surface area contributed by atoms with E-state index < -0.39 is 40.5 Å². The lowest BCUT2D eigenvalue weighted by atomic mass is 9.81. The Kier molecular flexibility index (Phi) is 7.23. The highest BCUT2D eigenvalue weighted by Crippen LogP contribution is 2.51. The molecule has 2 aromatic heterocycles. The number of ether oxygens (including phenoxy) is 2. The maximum atomic E-state index is 14.0. The fourth-order valence-corrected chi connectivity index (χ4v) is 7.14. The van der Waals surface area contributed by atoms with Gasteiger partial charge in [0.15, 0.2) is 0 Å². The van der Waals surface area contributed by atoms with E-state index in [0.29, 0.717) is 36.2 Å². The summed E-state index contributed by atoms with van der Waals surface area (Å²) in [5.41, 5.74) is -1.26. The van der Waals surface area contributed by atoms with Crippen LogP contribution in [-0.2, 0) is 27.4 Å². The Morgan fingerprint density at radius 1 is 0.870 bits per heavy atom. The number of carbonyl (C=O) groups excluding carboxylic acids is 1. The third kappa shape index (κ3) is 4.77. The van der Waals surface area contributed by atoms with Crippen molar-refractivity contribution in [2.75, 3.05) is 0 Å². The molecule has 0 spiro atoms. The molecule has 3 aliphatic rings. The van der Waals surface area contributed by atoms with Crippen LogP contribution in [0.1, 0.15) is 46.1 Å². The number of aromatic amines is 1. The Morgan fingerprint density at radius 2 is 1.50 bits per heavy atom. The second kappa shape index (κ2) is 11.2. The number of nitrogens with zero attached hydrogens (tertiary/aromatic N) is 5. The number of H-pyrrole nitrogens is 1. The monoisotopic (exact) mass is 628 g/mol. The molecule has 2 saturated heterocycles. The molecule has 4 aromatic rings. The van der Waals surface area contributed by atoms with Gasteiger partial charge < -0.3 is 9.47 Å². The van der Waals surface area contributed by atoms with Crippen LogP contribution in [0.5, 0.6) is 0 Å². The lowest BCUT2D eigenvalue weighted by Gasteiger charge is -2.26. The standard InChI is InChI=1S/C33H36N6O7/c1-4-35-30(42)38(23-13-9-6-10-14-23)31(43)36(35)19-21-15-16-24-20(2)28(40)45-26(24)27-33(3,46-27)18-17-25(21)39-32(44)37(29(41)34-39)22-11-7-5-8-12-22/h5-15,20,24-27H,4,16-19H2,1-3H3,(H,34,41)/b21-15+/t20?,24-,25?,26-,27+,33+/m0/s1. The molecule has 240 valence electrons. The fraction of sp³-hybridized carbons (Fsp3) is 0.424. The van der Waals surface area contributed by atoms with E-state index in [4.69, 9.17) is 9.47 Å². The molecular weight excluding hydrogens is 592 g/mol. The summed E-state index contributed by atoms with van der Waals surface area (Å²) in [5, 5.41) is 2.76. The van der Waals surface area contributed by atoms with Gasteiger partial charge in [0.1, 0.15) is 12.2 Å². The Hall–Kier alpha value is -4.91. The van der Waals surface area contributed by atoms with Gasteiger partial charge in [0.25, 0.3) is 0 Å². The lowest BCUT2D eigenvalue weighted by molar-refractivity contribution is -0.144. The van der Waals surface area contributed by atoms with Gasteiger partial charge in [0.05, 0.1) is 35.5 Å². The highest BCUT2D eigenvalue weighted by molar-refractivity contribution is 5.75. The van der Waals surface area contributed by atoms with Crippen LogP contribution in [0.15, 0.2) is 91.5 Å². The molecule has 2 aromatic carbocycles. The van der Waals surface area contributed by atoms with Crippen molar-refractivity contribution in [3.8, 4) is 11.4 Å². The van der Waals surface area contributed by atoms with Gasteiger partial charge in [-0.25, -0.2) is 47.5 Å². The number of rotatable bonds is 6. The van der Waals surface area contributed by atoms with E-state index in [1.165, 1.54) is 14.0 Å². The first kappa shape index (κ1) is 29.8. The maximum Gasteiger partial charge on any atom is 0.352 e. The number of aromatic nitrogens is 6. The number of carbonyl (C=O) groups is 1. The minimum absolute atomic E-state index is 0.0288. The molecule has 1 aliphatic carbocycles. The summed E-state index contributed by atoms with van der Waals surface area (Å²) < 4.78 is 18.3. The fourth-order valence-electron chi connectivity index (χ4n) is 7.14. The van der Waals surface area contributed by atoms with E-state index in [2.05, 4.69) is 5.10 Å². The molecule has 2 unspecified atom stereocenters. The first-order valence-corrected chi connectivity index (χ1v) is 15.7. The predicted octanol–water partition coefficient (Wildman–Crippen LogP) is 2.15. The molecular formula is C33H36N6O7. The number of hydrogen-bond donors (Lipinski definition) is 1. The van der Waals surface area contributed by atoms with Gasteiger partial charge in [0.2, 0.25) is 0 Å². The Balaban J connectivity index is 1.39. The van der Waals surface area contributed by atoms with Crippen molar-refractivity contribution >= 4 is 5.97 Å². The van der Waals surface area contributed by atoms with E-state index in [9.17, 15) is 24.0 Å². The summed E-state index contributed by atoms with van der Waals surface area (Å²) >= 11 is 0. The molecule has 2 aliphatic heterocycles. The van der Waals surface area contributed by atoms with Crippen molar-refractivity contribution in [2.24, 2.45) is 11.8 Å². The normalized spacial score (nSPS) is 28.5. The summed E-state index contributed by atoms with van der Waals surface area (Å²) in [6.07, 6.45) is 2.51. The Morgan fingerprint density at radius 3 is 2.15 bits per heavy atom. The molecule has 4 heterocycles. The zero-order chi connectivity index (χ0) is 32.3. The average Bonchev–Trinajstić information content (AvgIpc) is 3.40. The molecule has 0 radical (unpaired) electrons. The van der Waals surface area contributed by atoms with Gasteiger partial charge in [-0.05, 0) is 62.9 Å². The number of para-hydroxylation sites is 2. The Labute approximate surface area is 262 Å². The van der Waals surface area contributed by atoms with Crippen LogP contribution >= 0.6 is 0 Å². The van der Waals surface area contributed by atoms with E-state index in [1.54, 1.807) is 67.6 Å². The van der Waals surface area contributed by atoms with E-state index in [1.807, 2.05) is 19.9 Å². The van der Waals surface area contributed by atoms with Gasteiger partial charge in [-0.1, -0.05) is 49.4 Å². The first-order valence-electron chi connectivity index (χ1n) is 15.7. The van der Waals surface area contributed by atoms with Crippen molar-refractivity contribution in [3.05, 3.63) is 114 Å². The van der Waals surface area contributed by atoms with Crippen molar-refractivity contribution in [2.45, 2.75) is 77.0 Å². The largest absolute Gasteiger partial charge is 0.459 e. The molecule has 0 amide bonds. The number of esters is 1. The topological polar surface area (TPSA) is 148 Å². The van der Waals surface area contributed by atoms with Crippen LogP contribution in [0.4, 0.5) is 0 Å². The Bertz CT molecular complexity index is 2060. The molecule has 2 fully saturated rings. The third-order valence-electron chi connectivity index (χ3n) is 9.83. The minimum atomic E-state index is -0.691. The zero-order valence-corrected chi connectivity index (χ0v) is 25.9.